The number of carbonyl (C=O) groups excluding carboxylic acids is 1. The van der Waals surface area contributed by atoms with Gasteiger partial charge in [0.25, 0.3) is 0 Å². The van der Waals surface area contributed by atoms with E-state index in [0.717, 1.165) is 11.4 Å². The first-order valence-electron chi connectivity index (χ1n) is 6.80. The lowest BCUT2D eigenvalue weighted by Gasteiger charge is -2.10. The molecule has 0 bridgehead atoms. The Bertz CT molecular complexity index is 645. The summed E-state index contributed by atoms with van der Waals surface area (Å²) in [4.78, 5) is 11.9. The van der Waals surface area contributed by atoms with Crippen molar-refractivity contribution in [3.63, 3.8) is 0 Å². The van der Waals surface area contributed by atoms with Gasteiger partial charge < -0.3 is 15.4 Å². The molecule has 6 heteroatoms. The smallest absolute Gasteiger partial charge is 0.243 e. The molecule has 0 atom stereocenters. The average molecular weight is 339 g/mol. The summed E-state index contributed by atoms with van der Waals surface area (Å²) in [6.07, 6.45) is 0. The fourth-order valence-electron chi connectivity index (χ4n) is 1.80. The normalized spacial score (nSPS) is 10.1. The van der Waals surface area contributed by atoms with Gasteiger partial charge in [-0.3, -0.25) is 4.79 Å². The van der Waals surface area contributed by atoms with E-state index in [2.05, 4.69) is 10.6 Å². The molecule has 2 aromatic rings. The van der Waals surface area contributed by atoms with E-state index in [4.69, 9.17) is 27.9 Å². The van der Waals surface area contributed by atoms with Gasteiger partial charge in [0.2, 0.25) is 5.91 Å². The van der Waals surface area contributed by atoms with Gasteiger partial charge in [-0.2, -0.15) is 0 Å². The van der Waals surface area contributed by atoms with Crippen molar-refractivity contribution in [1.82, 2.24) is 0 Å². The Morgan fingerprint density at radius 2 is 1.86 bits per heavy atom. The fourth-order valence-corrected chi connectivity index (χ4v) is 2.26. The second-order valence-electron chi connectivity index (χ2n) is 4.48. The van der Waals surface area contributed by atoms with E-state index < -0.39 is 0 Å². The van der Waals surface area contributed by atoms with Gasteiger partial charge in [0, 0.05) is 10.7 Å². The average Bonchev–Trinajstić information content (AvgIpc) is 2.50. The number of benzene rings is 2. The first-order chi connectivity index (χ1) is 10.6. The van der Waals surface area contributed by atoms with Gasteiger partial charge in [0.1, 0.15) is 5.75 Å². The highest BCUT2D eigenvalue weighted by Crippen LogP contribution is 2.25. The molecule has 0 saturated carbocycles. The Balaban J connectivity index is 1.87. The number of carbonyl (C=O) groups is 1. The molecule has 2 N–H and O–H groups in total. The van der Waals surface area contributed by atoms with Gasteiger partial charge >= 0.3 is 0 Å². The lowest BCUT2D eigenvalue weighted by molar-refractivity contribution is -0.114. The number of halogens is 2. The predicted molar refractivity (Wildman–Crippen MR) is 91.2 cm³/mol. The van der Waals surface area contributed by atoms with Crippen LogP contribution in [0.1, 0.15) is 6.92 Å². The van der Waals surface area contributed by atoms with Crippen LogP contribution < -0.4 is 15.4 Å². The highest BCUT2D eigenvalue weighted by molar-refractivity contribution is 6.36. The molecule has 0 aliphatic carbocycles. The standard InChI is InChI=1S/C16H16Cl2N2O2/c1-2-22-13-6-4-12(5-7-13)19-10-16(21)20-15-8-3-11(17)9-14(15)18/h3-9,19H,2,10H2,1H3,(H,20,21). The maximum absolute atomic E-state index is 11.9. The largest absolute Gasteiger partial charge is 0.494 e. The summed E-state index contributed by atoms with van der Waals surface area (Å²) in [6, 6.07) is 12.3. The molecule has 1 amide bonds. The second-order valence-corrected chi connectivity index (χ2v) is 5.33. The third kappa shape index (κ3) is 4.83. The molecule has 116 valence electrons. The number of hydrogen-bond acceptors (Lipinski definition) is 3. The van der Waals surface area contributed by atoms with Crippen molar-refractivity contribution in [2.24, 2.45) is 0 Å². The minimum Gasteiger partial charge on any atom is -0.494 e. The monoisotopic (exact) mass is 338 g/mol. The molecule has 0 fully saturated rings. The third-order valence-electron chi connectivity index (χ3n) is 2.82. The molecule has 2 aromatic carbocycles. The molecule has 4 nitrogen and oxygen atoms in total. The Morgan fingerprint density at radius 3 is 2.50 bits per heavy atom. The zero-order valence-electron chi connectivity index (χ0n) is 12.0. The topological polar surface area (TPSA) is 50.4 Å². The summed E-state index contributed by atoms with van der Waals surface area (Å²) >= 11 is 11.8. The minimum atomic E-state index is -0.196. The third-order valence-corrected chi connectivity index (χ3v) is 3.37. The molecule has 2 rings (SSSR count). The Morgan fingerprint density at radius 1 is 1.14 bits per heavy atom. The molecule has 22 heavy (non-hydrogen) atoms. The summed E-state index contributed by atoms with van der Waals surface area (Å²) in [6.45, 7) is 2.68. The number of anilines is 2. The van der Waals surface area contributed by atoms with Crippen molar-refractivity contribution < 1.29 is 9.53 Å². The predicted octanol–water partition coefficient (Wildman–Crippen LogP) is 4.44. The van der Waals surface area contributed by atoms with Gasteiger partial charge in [0.05, 0.1) is 23.9 Å². The van der Waals surface area contributed by atoms with E-state index in [9.17, 15) is 4.79 Å². The molecular formula is C16H16Cl2N2O2. The van der Waals surface area contributed by atoms with Gasteiger partial charge in [-0.15, -0.1) is 0 Å². The van der Waals surface area contributed by atoms with Crippen LogP contribution in [0.3, 0.4) is 0 Å². The maximum Gasteiger partial charge on any atom is 0.243 e. The fraction of sp³-hybridized carbons (Fsp3) is 0.188. The maximum atomic E-state index is 11.9. The van der Waals surface area contributed by atoms with Gasteiger partial charge in [-0.05, 0) is 49.4 Å². The lowest BCUT2D eigenvalue weighted by Crippen LogP contribution is -2.21. The van der Waals surface area contributed by atoms with Crippen molar-refractivity contribution in [2.45, 2.75) is 6.92 Å². The lowest BCUT2D eigenvalue weighted by atomic mass is 10.3. The van der Waals surface area contributed by atoms with Crippen LogP contribution in [0.15, 0.2) is 42.5 Å². The highest BCUT2D eigenvalue weighted by atomic mass is 35.5. The van der Waals surface area contributed by atoms with Gasteiger partial charge in [-0.1, -0.05) is 23.2 Å². The van der Waals surface area contributed by atoms with Crippen LogP contribution in [0, 0.1) is 0 Å². The van der Waals surface area contributed by atoms with E-state index >= 15 is 0 Å². The van der Waals surface area contributed by atoms with Crippen molar-refractivity contribution in [2.75, 3.05) is 23.8 Å². The summed E-state index contributed by atoms with van der Waals surface area (Å²) in [5, 5.41) is 6.68. The van der Waals surface area contributed by atoms with Crippen molar-refractivity contribution in [1.29, 1.82) is 0 Å². The van der Waals surface area contributed by atoms with Gasteiger partial charge in [-0.25, -0.2) is 0 Å². The molecule has 0 radical (unpaired) electrons. The number of nitrogens with one attached hydrogen (secondary N) is 2. The summed E-state index contributed by atoms with van der Waals surface area (Å²) in [7, 11) is 0. The van der Waals surface area contributed by atoms with E-state index in [1.54, 1.807) is 18.2 Å². The molecule has 0 aromatic heterocycles. The molecular weight excluding hydrogens is 323 g/mol. The van der Waals surface area contributed by atoms with Crippen LogP contribution in [0.5, 0.6) is 5.75 Å². The first-order valence-corrected chi connectivity index (χ1v) is 7.55. The van der Waals surface area contributed by atoms with E-state index in [-0.39, 0.29) is 12.5 Å². The zero-order chi connectivity index (χ0) is 15.9. The number of hydrogen-bond donors (Lipinski definition) is 2. The summed E-state index contributed by atoms with van der Waals surface area (Å²) in [5.74, 6) is 0.601. The van der Waals surface area contributed by atoms with Crippen LogP contribution >= 0.6 is 23.2 Å². The van der Waals surface area contributed by atoms with Gasteiger partial charge in [0.15, 0.2) is 0 Å². The molecule has 0 heterocycles. The summed E-state index contributed by atoms with van der Waals surface area (Å²) < 4.78 is 5.36. The Labute approximate surface area is 139 Å². The Kier molecular flexibility index (Phi) is 5.92. The van der Waals surface area contributed by atoms with Crippen molar-refractivity contribution in [3.8, 4) is 5.75 Å². The van der Waals surface area contributed by atoms with Crippen molar-refractivity contribution in [3.05, 3.63) is 52.5 Å². The van der Waals surface area contributed by atoms with Crippen LogP contribution in [-0.4, -0.2) is 19.1 Å². The molecule has 0 aliphatic rings. The molecule has 0 unspecified atom stereocenters. The number of rotatable bonds is 6. The van der Waals surface area contributed by atoms with E-state index in [0.29, 0.717) is 22.3 Å². The van der Waals surface area contributed by atoms with E-state index in [1.165, 1.54) is 0 Å². The SMILES string of the molecule is CCOc1ccc(NCC(=O)Nc2ccc(Cl)cc2Cl)cc1. The van der Waals surface area contributed by atoms with Crippen molar-refractivity contribution >= 4 is 40.5 Å². The molecule has 0 spiro atoms. The second kappa shape index (κ2) is 7.92. The molecule has 0 aliphatic heterocycles. The van der Waals surface area contributed by atoms with Crippen LogP contribution in [0.2, 0.25) is 10.0 Å². The number of amides is 1. The van der Waals surface area contributed by atoms with Crippen LogP contribution in [-0.2, 0) is 4.79 Å². The highest BCUT2D eigenvalue weighted by Gasteiger charge is 2.06. The zero-order valence-corrected chi connectivity index (χ0v) is 13.5. The minimum absolute atomic E-state index is 0.132. The first kappa shape index (κ1) is 16.5. The quantitative estimate of drug-likeness (QED) is 0.818. The van der Waals surface area contributed by atoms with E-state index in [1.807, 2.05) is 31.2 Å². The van der Waals surface area contributed by atoms with Crippen LogP contribution in [0.25, 0.3) is 0 Å². The van der Waals surface area contributed by atoms with Crippen LogP contribution in [0.4, 0.5) is 11.4 Å². The Hall–Kier alpha value is -1.91. The number of ether oxygens (including phenoxy) is 1. The summed E-state index contributed by atoms with van der Waals surface area (Å²) in [5.41, 5.74) is 1.37. The molecule has 0 saturated heterocycles.